The molecule has 0 heterocycles. The number of rotatable bonds is 4. The van der Waals surface area contributed by atoms with Crippen molar-refractivity contribution in [3.05, 3.63) is 59.2 Å². The number of thiocarbonyl (C=S) groups is 1. The lowest BCUT2D eigenvalue weighted by atomic mass is 10.1. The maximum Gasteiger partial charge on any atom is 0.173 e. The van der Waals surface area contributed by atoms with E-state index in [0.29, 0.717) is 5.11 Å². The molecule has 0 unspecified atom stereocenters. The molecule has 0 aromatic heterocycles. The summed E-state index contributed by atoms with van der Waals surface area (Å²) in [5.41, 5.74) is 4.81. The van der Waals surface area contributed by atoms with E-state index in [2.05, 4.69) is 37.4 Å². The van der Waals surface area contributed by atoms with Crippen LogP contribution < -0.4 is 10.1 Å². The molecule has 4 heteroatoms. The minimum absolute atomic E-state index is 0.699. The maximum absolute atomic E-state index is 5.47. The zero-order valence-electron chi connectivity index (χ0n) is 13.5. The highest BCUT2D eigenvalue weighted by Gasteiger charge is 2.07. The van der Waals surface area contributed by atoms with E-state index in [4.69, 9.17) is 17.0 Å². The summed E-state index contributed by atoms with van der Waals surface area (Å²) in [6.45, 7) is 5.03. The molecule has 2 aromatic carbocycles. The normalized spacial score (nSPS) is 10.2. The molecule has 0 bridgehead atoms. The van der Waals surface area contributed by atoms with Gasteiger partial charge in [-0.3, -0.25) is 0 Å². The molecular formula is C18H22N2OS. The first-order valence-electron chi connectivity index (χ1n) is 7.22. The van der Waals surface area contributed by atoms with Gasteiger partial charge in [0.15, 0.2) is 5.11 Å². The summed E-state index contributed by atoms with van der Waals surface area (Å²) in [6.07, 6.45) is 0. The Hall–Kier alpha value is -2.07. The molecule has 3 nitrogen and oxygen atoms in total. The zero-order chi connectivity index (χ0) is 16.1. The molecule has 0 aliphatic heterocycles. The molecule has 22 heavy (non-hydrogen) atoms. The van der Waals surface area contributed by atoms with Gasteiger partial charge >= 0.3 is 0 Å². The third-order valence-corrected chi connectivity index (χ3v) is 4.01. The van der Waals surface area contributed by atoms with E-state index in [9.17, 15) is 0 Å². The van der Waals surface area contributed by atoms with Gasteiger partial charge in [-0.15, -0.1) is 0 Å². The third kappa shape index (κ3) is 4.21. The van der Waals surface area contributed by atoms with Gasteiger partial charge < -0.3 is 15.0 Å². The Morgan fingerprint density at radius 2 is 1.82 bits per heavy atom. The highest BCUT2D eigenvalue weighted by Crippen LogP contribution is 2.16. The number of aryl methyl sites for hydroxylation is 2. The SMILES string of the molecule is COc1ccc(NC(=S)N(C)Cc2ccc(C)cc2C)cc1. The Kier molecular flexibility index (Phi) is 5.39. The minimum Gasteiger partial charge on any atom is -0.497 e. The van der Waals surface area contributed by atoms with Crippen LogP contribution in [0, 0.1) is 13.8 Å². The number of anilines is 1. The smallest absolute Gasteiger partial charge is 0.173 e. The first-order chi connectivity index (χ1) is 10.5. The molecule has 0 saturated carbocycles. The molecule has 0 atom stereocenters. The average molecular weight is 314 g/mol. The molecule has 0 aliphatic carbocycles. The average Bonchev–Trinajstić information content (AvgIpc) is 2.50. The van der Waals surface area contributed by atoms with E-state index >= 15 is 0 Å². The number of ether oxygens (including phenoxy) is 1. The Balaban J connectivity index is 1.99. The highest BCUT2D eigenvalue weighted by atomic mass is 32.1. The van der Waals surface area contributed by atoms with Gasteiger partial charge in [0.1, 0.15) is 5.75 Å². The number of hydrogen-bond donors (Lipinski definition) is 1. The molecule has 2 rings (SSSR count). The quantitative estimate of drug-likeness (QED) is 0.857. The van der Waals surface area contributed by atoms with Crippen LogP contribution in [0.4, 0.5) is 5.69 Å². The lowest BCUT2D eigenvalue weighted by Crippen LogP contribution is -2.30. The van der Waals surface area contributed by atoms with Crippen molar-refractivity contribution in [2.45, 2.75) is 20.4 Å². The summed E-state index contributed by atoms with van der Waals surface area (Å²) in [5, 5.41) is 3.95. The lowest BCUT2D eigenvalue weighted by molar-refractivity contribution is 0.415. The number of nitrogens with one attached hydrogen (secondary N) is 1. The van der Waals surface area contributed by atoms with Crippen molar-refractivity contribution in [2.24, 2.45) is 0 Å². The number of benzene rings is 2. The summed E-state index contributed by atoms with van der Waals surface area (Å²) >= 11 is 5.47. The van der Waals surface area contributed by atoms with Crippen LogP contribution in [0.1, 0.15) is 16.7 Å². The lowest BCUT2D eigenvalue weighted by Gasteiger charge is -2.22. The van der Waals surface area contributed by atoms with Crippen molar-refractivity contribution < 1.29 is 4.74 Å². The van der Waals surface area contributed by atoms with Crippen LogP contribution in [0.25, 0.3) is 0 Å². The van der Waals surface area contributed by atoms with Gasteiger partial charge in [0.2, 0.25) is 0 Å². The molecule has 0 aliphatic rings. The Morgan fingerprint density at radius 3 is 2.41 bits per heavy atom. The van der Waals surface area contributed by atoms with E-state index in [1.165, 1.54) is 16.7 Å². The van der Waals surface area contributed by atoms with E-state index < -0.39 is 0 Å². The molecule has 1 N–H and O–H groups in total. The molecule has 0 amide bonds. The molecule has 0 radical (unpaired) electrons. The second-order valence-electron chi connectivity index (χ2n) is 5.44. The Labute approximate surface area is 137 Å². The molecule has 0 fully saturated rings. The van der Waals surface area contributed by atoms with Crippen LogP contribution >= 0.6 is 12.2 Å². The molecule has 0 spiro atoms. The summed E-state index contributed by atoms with van der Waals surface area (Å²) in [5.74, 6) is 0.833. The van der Waals surface area contributed by atoms with Gasteiger partial charge in [-0.25, -0.2) is 0 Å². The number of hydrogen-bond acceptors (Lipinski definition) is 2. The van der Waals surface area contributed by atoms with Gasteiger partial charge in [-0.1, -0.05) is 23.8 Å². The van der Waals surface area contributed by atoms with Crippen molar-refractivity contribution in [3.8, 4) is 5.75 Å². The van der Waals surface area contributed by atoms with Crippen LogP contribution in [0.15, 0.2) is 42.5 Å². The van der Waals surface area contributed by atoms with Gasteiger partial charge in [0, 0.05) is 19.3 Å². The van der Waals surface area contributed by atoms with Crippen LogP contribution in [-0.2, 0) is 6.54 Å². The fraction of sp³-hybridized carbons (Fsp3) is 0.278. The first kappa shape index (κ1) is 16.3. The summed E-state index contributed by atoms with van der Waals surface area (Å²) < 4.78 is 5.15. The molecule has 2 aromatic rings. The van der Waals surface area contributed by atoms with Crippen molar-refractivity contribution in [2.75, 3.05) is 19.5 Å². The predicted octanol–water partition coefficient (Wildman–Crippen LogP) is 4.14. The number of methoxy groups -OCH3 is 1. The maximum atomic E-state index is 5.47. The van der Waals surface area contributed by atoms with E-state index in [0.717, 1.165) is 18.0 Å². The molecule has 116 valence electrons. The van der Waals surface area contributed by atoms with Crippen molar-refractivity contribution in [3.63, 3.8) is 0 Å². The first-order valence-corrected chi connectivity index (χ1v) is 7.62. The van der Waals surface area contributed by atoms with Crippen LogP contribution in [-0.4, -0.2) is 24.2 Å². The topological polar surface area (TPSA) is 24.5 Å². The molecule has 0 saturated heterocycles. The number of nitrogens with zero attached hydrogens (tertiary/aromatic N) is 1. The summed E-state index contributed by atoms with van der Waals surface area (Å²) in [7, 11) is 3.66. The third-order valence-electron chi connectivity index (χ3n) is 3.59. The Bertz CT molecular complexity index is 653. The monoisotopic (exact) mass is 314 g/mol. The van der Waals surface area contributed by atoms with Gasteiger partial charge in [-0.05, 0) is 61.5 Å². The fourth-order valence-electron chi connectivity index (χ4n) is 2.24. The second kappa shape index (κ2) is 7.27. The fourth-order valence-corrected chi connectivity index (χ4v) is 2.43. The Morgan fingerprint density at radius 1 is 1.14 bits per heavy atom. The van der Waals surface area contributed by atoms with E-state index in [1.54, 1.807) is 7.11 Å². The molecular weight excluding hydrogens is 292 g/mol. The highest BCUT2D eigenvalue weighted by molar-refractivity contribution is 7.80. The van der Waals surface area contributed by atoms with Crippen molar-refractivity contribution in [1.82, 2.24) is 4.90 Å². The van der Waals surface area contributed by atoms with E-state index in [-0.39, 0.29) is 0 Å². The van der Waals surface area contributed by atoms with Gasteiger partial charge in [-0.2, -0.15) is 0 Å². The largest absolute Gasteiger partial charge is 0.497 e. The van der Waals surface area contributed by atoms with Gasteiger partial charge in [0.25, 0.3) is 0 Å². The summed E-state index contributed by atoms with van der Waals surface area (Å²) in [6, 6.07) is 14.2. The van der Waals surface area contributed by atoms with Crippen molar-refractivity contribution in [1.29, 1.82) is 0 Å². The van der Waals surface area contributed by atoms with Crippen LogP contribution in [0.3, 0.4) is 0 Å². The van der Waals surface area contributed by atoms with Gasteiger partial charge in [0.05, 0.1) is 7.11 Å². The zero-order valence-corrected chi connectivity index (χ0v) is 14.3. The second-order valence-corrected chi connectivity index (χ2v) is 5.83. The standard InChI is InChI=1S/C18H22N2OS/c1-13-5-6-15(14(2)11-13)12-20(3)18(22)19-16-7-9-17(21-4)10-8-16/h5-11H,12H2,1-4H3,(H,19,22). The predicted molar refractivity (Wildman–Crippen MR) is 96.6 cm³/mol. The van der Waals surface area contributed by atoms with Crippen LogP contribution in [0.5, 0.6) is 5.75 Å². The minimum atomic E-state index is 0.699. The van der Waals surface area contributed by atoms with Crippen molar-refractivity contribution >= 4 is 23.0 Å². The van der Waals surface area contributed by atoms with E-state index in [1.807, 2.05) is 36.2 Å². The van der Waals surface area contributed by atoms with Crippen LogP contribution in [0.2, 0.25) is 0 Å². The summed E-state index contributed by atoms with van der Waals surface area (Å²) in [4.78, 5) is 2.04.